The molecule has 0 saturated heterocycles. The summed E-state index contributed by atoms with van der Waals surface area (Å²) in [5.41, 5.74) is 0.648. The van der Waals surface area contributed by atoms with Crippen molar-refractivity contribution in [1.82, 2.24) is 20.9 Å². The minimum absolute atomic E-state index is 0.0724. The van der Waals surface area contributed by atoms with Crippen LogP contribution in [0.15, 0.2) is 54.6 Å². The average molecular weight is 825 g/mol. The Balaban J connectivity index is 1.71. The second-order valence-corrected chi connectivity index (χ2v) is 14.7. The smallest absolute Gasteiger partial charge is 0.308 e. The standard InChI is InChI=1S/C42H50F2N4O11/c1-22(2)37(32(49)17-24(5)40(54)46-31(20-36(53)58-7)34(51)21-59-39-27(43)12-10-13-28(39)44)47-41(55)26(19-35(52)57-6)18-33(50)38(23(3)4)48-42(56)30-16-15-25-11-8-9-14-29(25)45-30/h8-16,22-24,26,31,37-38H,17-21H2,1-7H3,(H,46,54)(H,47,55)(H,48,56)/t24-,26+,31+,37+,38+/m1/s1. The van der Waals surface area contributed by atoms with Crippen LogP contribution in [0.25, 0.3) is 10.9 Å². The van der Waals surface area contributed by atoms with Gasteiger partial charge in [0.25, 0.3) is 5.91 Å². The minimum atomic E-state index is -1.55. The zero-order valence-electron chi connectivity index (χ0n) is 34.0. The van der Waals surface area contributed by atoms with Gasteiger partial charge in [-0.25, -0.2) is 13.8 Å². The Hall–Kier alpha value is -6.13. The summed E-state index contributed by atoms with van der Waals surface area (Å²) in [6.45, 7) is 7.10. The first-order chi connectivity index (χ1) is 27.9. The van der Waals surface area contributed by atoms with E-state index in [-0.39, 0.29) is 5.69 Å². The fourth-order valence-corrected chi connectivity index (χ4v) is 6.02. The summed E-state index contributed by atoms with van der Waals surface area (Å²) in [6, 6.07) is 9.51. The van der Waals surface area contributed by atoms with Crippen molar-refractivity contribution in [1.29, 1.82) is 0 Å². The summed E-state index contributed by atoms with van der Waals surface area (Å²) in [4.78, 5) is 109. The number of nitrogens with zero attached hydrogens (tertiary/aromatic N) is 1. The number of halogens is 2. The van der Waals surface area contributed by atoms with Crippen molar-refractivity contribution in [3.63, 3.8) is 0 Å². The van der Waals surface area contributed by atoms with Gasteiger partial charge in [-0.3, -0.25) is 38.4 Å². The van der Waals surface area contributed by atoms with Crippen LogP contribution in [0.5, 0.6) is 5.75 Å². The predicted octanol–water partition coefficient (Wildman–Crippen LogP) is 3.84. The van der Waals surface area contributed by atoms with Gasteiger partial charge in [0, 0.05) is 24.1 Å². The van der Waals surface area contributed by atoms with E-state index in [9.17, 15) is 47.1 Å². The van der Waals surface area contributed by atoms with Crippen LogP contribution in [0.2, 0.25) is 0 Å². The first kappa shape index (κ1) is 47.2. The predicted molar refractivity (Wildman–Crippen MR) is 209 cm³/mol. The van der Waals surface area contributed by atoms with Gasteiger partial charge in [-0.2, -0.15) is 0 Å². The molecule has 0 radical (unpaired) electrons. The molecule has 59 heavy (non-hydrogen) atoms. The first-order valence-corrected chi connectivity index (χ1v) is 18.9. The van der Waals surface area contributed by atoms with Crippen LogP contribution >= 0.6 is 0 Å². The van der Waals surface area contributed by atoms with E-state index in [4.69, 9.17) is 9.47 Å². The third-order valence-electron chi connectivity index (χ3n) is 9.44. The molecule has 1 heterocycles. The van der Waals surface area contributed by atoms with E-state index in [1.165, 1.54) is 13.0 Å². The number of benzene rings is 2. The van der Waals surface area contributed by atoms with Crippen molar-refractivity contribution in [2.45, 2.75) is 78.4 Å². The maximum absolute atomic E-state index is 14.0. The minimum Gasteiger partial charge on any atom is -0.480 e. The molecule has 0 aliphatic heterocycles. The zero-order valence-corrected chi connectivity index (χ0v) is 34.0. The van der Waals surface area contributed by atoms with E-state index in [1.54, 1.807) is 45.9 Å². The molecule has 15 nitrogen and oxygen atoms in total. The molecule has 3 aromatic rings. The monoisotopic (exact) mass is 824 g/mol. The van der Waals surface area contributed by atoms with Crippen LogP contribution < -0.4 is 20.7 Å². The highest BCUT2D eigenvalue weighted by Gasteiger charge is 2.35. The largest absolute Gasteiger partial charge is 0.480 e. The van der Waals surface area contributed by atoms with Crippen LogP contribution in [-0.2, 0) is 43.0 Å². The molecule has 318 valence electrons. The van der Waals surface area contributed by atoms with E-state index < -0.39 is 138 Å². The number of nitrogens with one attached hydrogen (secondary N) is 3. The Morgan fingerprint density at radius 1 is 0.627 bits per heavy atom. The fourth-order valence-electron chi connectivity index (χ4n) is 6.02. The molecule has 3 N–H and O–H groups in total. The summed E-state index contributed by atoms with van der Waals surface area (Å²) in [5, 5.41) is 8.48. The van der Waals surface area contributed by atoms with Gasteiger partial charge < -0.3 is 30.2 Å². The van der Waals surface area contributed by atoms with Crippen molar-refractivity contribution in [3.8, 4) is 5.75 Å². The normalized spacial score (nSPS) is 13.7. The number of aromatic nitrogens is 1. The molecular weight excluding hydrogens is 774 g/mol. The molecule has 5 atom stereocenters. The van der Waals surface area contributed by atoms with Gasteiger partial charge in [-0.05, 0) is 36.1 Å². The molecule has 3 rings (SSSR count). The van der Waals surface area contributed by atoms with Gasteiger partial charge in [-0.15, -0.1) is 0 Å². The van der Waals surface area contributed by atoms with Gasteiger partial charge in [0.2, 0.25) is 11.8 Å². The van der Waals surface area contributed by atoms with Crippen LogP contribution in [0.1, 0.15) is 70.8 Å². The molecule has 3 amide bonds. The number of pyridine rings is 1. The molecule has 0 aliphatic rings. The second kappa shape index (κ2) is 22.1. The van der Waals surface area contributed by atoms with Gasteiger partial charge in [0.1, 0.15) is 18.3 Å². The Bertz CT molecular complexity index is 2020. The number of Topliss-reactive ketones (excluding diaryl/α,β-unsaturated/α-hetero) is 3. The lowest BCUT2D eigenvalue weighted by Gasteiger charge is -2.27. The van der Waals surface area contributed by atoms with Crippen molar-refractivity contribution in [3.05, 3.63) is 71.9 Å². The first-order valence-electron chi connectivity index (χ1n) is 18.9. The maximum Gasteiger partial charge on any atom is 0.308 e. The van der Waals surface area contributed by atoms with E-state index in [0.717, 1.165) is 37.8 Å². The second-order valence-electron chi connectivity index (χ2n) is 14.7. The summed E-state index contributed by atoms with van der Waals surface area (Å²) in [7, 11) is 2.16. The average Bonchev–Trinajstić information content (AvgIpc) is 3.19. The van der Waals surface area contributed by atoms with Crippen molar-refractivity contribution in [2.75, 3.05) is 20.8 Å². The Kier molecular flexibility index (Phi) is 17.7. The van der Waals surface area contributed by atoms with E-state index in [0.29, 0.717) is 5.52 Å². The Labute approximate surface area is 340 Å². The van der Waals surface area contributed by atoms with Crippen molar-refractivity contribution >= 4 is 57.9 Å². The maximum atomic E-state index is 14.0. The molecule has 17 heteroatoms. The van der Waals surface area contributed by atoms with Crippen molar-refractivity contribution < 1.29 is 61.3 Å². The topological polar surface area (TPSA) is 213 Å². The molecule has 0 bridgehead atoms. The number of ketones is 3. The van der Waals surface area contributed by atoms with Gasteiger partial charge in [-0.1, -0.05) is 65.0 Å². The SMILES string of the molecule is COC(=O)C[C@H](CC(=O)[C@@H](NC(=O)c1ccc2ccccc2n1)C(C)C)C(=O)N[C@H](C(=O)C[C@@H](C)C(=O)N[C@@H](CC(=O)OC)C(=O)COc1c(F)cccc1F)C(C)C. The molecule has 0 unspecified atom stereocenters. The van der Waals surface area contributed by atoms with Gasteiger partial charge in [0.05, 0.1) is 50.6 Å². The highest BCUT2D eigenvalue weighted by atomic mass is 19.1. The zero-order chi connectivity index (χ0) is 44.0. The molecule has 1 aromatic heterocycles. The number of hydrogen-bond donors (Lipinski definition) is 3. The van der Waals surface area contributed by atoms with Crippen LogP contribution in [0, 0.1) is 35.3 Å². The number of methoxy groups -OCH3 is 2. The van der Waals surface area contributed by atoms with Crippen molar-refractivity contribution in [2.24, 2.45) is 23.7 Å². The molecular formula is C42H50F2N4O11. The number of rotatable bonds is 22. The Morgan fingerprint density at radius 2 is 1.20 bits per heavy atom. The third kappa shape index (κ3) is 13.7. The summed E-state index contributed by atoms with van der Waals surface area (Å²) < 4.78 is 42.5. The van der Waals surface area contributed by atoms with Crippen LogP contribution in [-0.4, -0.2) is 90.9 Å². The number of carbonyl (C=O) groups is 8. The number of fused-ring (bicyclic) bond motifs is 1. The highest BCUT2D eigenvalue weighted by Crippen LogP contribution is 2.22. The lowest BCUT2D eigenvalue weighted by molar-refractivity contribution is -0.145. The highest BCUT2D eigenvalue weighted by molar-refractivity contribution is 6.00. The van der Waals surface area contributed by atoms with Gasteiger partial charge >= 0.3 is 11.9 Å². The molecule has 0 aliphatic carbocycles. The third-order valence-corrected chi connectivity index (χ3v) is 9.44. The summed E-state index contributed by atoms with van der Waals surface area (Å²) in [6.07, 6.45) is -2.15. The van der Waals surface area contributed by atoms with E-state index in [2.05, 4.69) is 25.7 Å². The number of esters is 2. The van der Waals surface area contributed by atoms with E-state index in [1.807, 2.05) is 12.1 Å². The number of para-hydroxylation sites is 2. The number of hydrogen-bond acceptors (Lipinski definition) is 12. The number of ether oxygens (including phenoxy) is 3. The van der Waals surface area contributed by atoms with Crippen LogP contribution in [0.4, 0.5) is 8.78 Å². The molecule has 0 saturated carbocycles. The number of amides is 3. The Morgan fingerprint density at radius 3 is 1.81 bits per heavy atom. The van der Waals surface area contributed by atoms with Gasteiger partial charge in [0.15, 0.2) is 34.7 Å². The lowest BCUT2D eigenvalue weighted by Crippen LogP contribution is -2.50. The lowest BCUT2D eigenvalue weighted by atomic mass is 9.88. The van der Waals surface area contributed by atoms with Crippen LogP contribution in [0.3, 0.4) is 0 Å². The quantitative estimate of drug-likeness (QED) is 0.123. The molecule has 0 spiro atoms. The fraction of sp³-hybridized carbons (Fsp3) is 0.452. The summed E-state index contributed by atoms with van der Waals surface area (Å²) >= 11 is 0. The summed E-state index contributed by atoms with van der Waals surface area (Å²) in [5.74, 6) is -12.5. The number of carbonyl (C=O) groups excluding carboxylic acids is 8. The van der Waals surface area contributed by atoms with E-state index >= 15 is 0 Å². The molecule has 2 aromatic carbocycles. The molecule has 0 fully saturated rings.